The third-order valence-corrected chi connectivity index (χ3v) is 3.60. The number of hydrogen-bond acceptors (Lipinski definition) is 2. The van der Waals surface area contributed by atoms with Crippen molar-refractivity contribution in [2.45, 2.75) is 25.3 Å². The Morgan fingerprint density at radius 3 is 2.69 bits per heavy atom. The van der Waals surface area contributed by atoms with Crippen LogP contribution in [0.15, 0.2) is 18.2 Å². The second kappa shape index (κ2) is 4.74. The van der Waals surface area contributed by atoms with E-state index in [0.29, 0.717) is 15.6 Å². The normalized spacial score (nSPS) is 24.7. The van der Waals surface area contributed by atoms with Crippen LogP contribution in [0.1, 0.15) is 29.6 Å². The van der Waals surface area contributed by atoms with E-state index in [1.54, 1.807) is 18.2 Å². The van der Waals surface area contributed by atoms with Gasteiger partial charge in [0.15, 0.2) is 5.78 Å². The molecule has 86 valence electrons. The highest BCUT2D eigenvalue weighted by atomic mass is 35.5. The number of ketones is 1. The van der Waals surface area contributed by atoms with Crippen molar-refractivity contribution in [3.8, 4) is 0 Å². The van der Waals surface area contributed by atoms with E-state index >= 15 is 0 Å². The lowest BCUT2D eigenvalue weighted by Gasteiger charge is -2.10. The van der Waals surface area contributed by atoms with Crippen LogP contribution >= 0.6 is 23.2 Å². The topological polar surface area (TPSA) is 43.1 Å². The molecule has 1 fully saturated rings. The summed E-state index contributed by atoms with van der Waals surface area (Å²) in [6.45, 7) is 0. The zero-order valence-electron chi connectivity index (χ0n) is 8.75. The second-order valence-electron chi connectivity index (χ2n) is 4.26. The van der Waals surface area contributed by atoms with Crippen LogP contribution in [0, 0.1) is 5.92 Å². The van der Waals surface area contributed by atoms with Gasteiger partial charge in [0, 0.05) is 22.5 Å². The van der Waals surface area contributed by atoms with Crippen molar-refractivity contribution in [2.75, 3.05) is 0 Å². The van der Waals surface area contributed by atoms with Gasteiger partial charge in [0.05, 0.1) is 5.02 Å². The van der Waals surface area contributed by atoms with Gasteiger partial charge in [-0.25, -0.2) is 0 Å². The average molecular weight is 258 g/mol. The number of nitrogens with two attached hydrogens (primary N) is 1. The smallest absolute Gasteiger partial charge is 0.167 e. The molecule has 1 aliphatic rings. The molecule has 0 radical (unpaired) electrons. The minimum absolute atomic E-state index is 0.00552. The standard InChI is InChI=1S/C12H13Cl2NO/c13-8-2-4-11(14)10(6-8)12(16)7-1-3-9(15)5-7/h2,4,6-7,9H,1,3,5,15H2. The Morgan fingerprint density at radius 1 is 1.31 bits per heavy atom. The van der Waals surface area contributed by atoms with Crippen LogP contribution < -0.4 is 5.73 Å². The zero-order valence-corrected chi connectivity index (χ0v) is 10.3. The van der Waals surface area contributed by atoms with Crippen LogP contribution in [0.25, 0.3) is 0 Å². The number of benzene rings is 1. The monoisotopic (exact) mass is 257 g/mol. The molecule has 2 nitrogen and oxygen atoms in total. The van der Waals surface area contributed by atoms with E-state index in [4.69, 9.17) is 28.9 Å². The molecular formula is C12H13Cl2NO. The van der Waals surface area contributed by atoms with Gasteiger partial charge in [0.2, 0.25) is 0 Å². The number of hydrogen-bond donors (Lipinski definition) is 1. The molecule has 0 heterocycles. The van der Waals surface area contributed by atoms with Gasteiger partial charge in [-0.15, -0.1) is 0 Å². The van der Waals surface area contributed by atoms with Gasteiger partial charge in [-0.3, -0.25) is 4.79 Å². The summed E-state index contributed by atoms with van der Waals surface area (Å²) < 4.78 is 0. The van der Waals surface area contributed by atoms with Gasteiger partial charge in [-0.05, 0) is 37.5 Å². The minimum Gasteiger partial charge on any atom is -0.328 e. The maximum atomic E-state index is 12.2. The molecule has 1 aromatic rings. The van der Waals surface area contributed by atoms with Crippen molar-refractivity contribution in [1.29, 1.82) is 0 Å². The van der Waals surface area contributed by atoms with Crippen LogP contribution in [-0.2, 0) is 0 Å². The van der Waals surface area contributed by atoms with Gasteiger partial charge >= 0.3 is 0 Å². The Balaban J connectivity index is 2.23. The maximum absolute atomic E-state index is 12.2. The number of carbonyl (C=O) groups is 1. The molecule has 16 heavy (non-hydrogen) atoms. The lowest BCUT2D eigenvalue weighted by atomic mass is 9.96. The van der Waals surface area contributed by atoms with Crippen molar-refractivity contribution < 1.29 is 4.79 Å². The molecule has 0 aromatic heterocycles. The molecule has 0 bridgehead atoms. The summed E-state index contributed by atoms with van der Waals surface area (Å²) in [5, 5.41) is 1.00. The third-order valence-electron chi connectivity index (χ3n) is 3.04. The highest BCUT2D eigenvalue weighted by Gasteiger charge is 2.29. The fourth-order valence-electron chi connectivity index (χ4n) is 2.16. The Labute approximate surface area is 105 Å². The lowest BCUT2D eigenvalue weighted by Crippen LogP contribution is -2.18. The highest BCUT2D eigenvalue weighted by molar-refractivity contribution is 6.36. The minimum atomic E-state index is 0.00552. The molecule has 1 aliphatic carbocycles. The number of rotatable bonds is 2. The first-order valence-corrected chi connectivity index (χ1v) is 6.08. The molecule has 0 saturated heterocycles. The molecule has 4 heteroatoms. The van der Waals surface area contributed by atoms with Crippen LogP contribution in [0.4, 0.5) is 0 Å². The molecule has 2 unspecified atom stereocenters. The molecule has 1 saturated carbocycles. The molecule has 0 amide bonds. The summed E-state index contributed by atoms with van der Waals surface area (Å²) >= 11 is 11.9. The van der Waals surface area contributed by atoms with Gasteiger partial charge < -0.3 is 5.73 Å². The van der Waals surface area contributed by atoms with Gasteiger partial charge in [0.1, 0.15) is 0 Å². The first-order valence-electron chi connectivity index (χ1n) is 5.33. The predicted octanol–water partition coefficient (Wildman–Crippen LogP) is 3.30. The summed E-state index contributed by atoms with van der Waals surface area (Å²) in [5.74, 6) is 0.0754. The quantitative estimate of drug-likeness (QED) is 0.827. The largest absolute Gasteiger partial charge is 0.328 e. The van der Waals surface area contributed by atoms with Crippen LogP contribution in [0.2, 0.25) is 10.0 Å². The van der Waals surface area contributed by atoms with E-state index in [9.17, 15) is 4.79 Å². The Kier molecular flexibility index (Phi) is 3.53. The van der Waals surface area contributed by atoms with Gasteiger partial charge in [0.25, 0.3) is 0 Å². The van der Waals surface area contributed by atoms with Crippen LogP contribution in [0.3, 0.4) is 0 Å². The summed E-state index contributed by atoms with van der Waals surface area (Å²) in [6.07, 6.45) is 2.51. The third kappa shape index (κ3) is 2.40. The zero-order chi connectivity index (χ0) is 11.7. The van der Waals surface area contributed by atoms with E-state index < -0.39 is 0 Å². The van der Waals surface area contributed by atoms with Crippen molar-refractivity contribution in [1.82, 2.24) is 0 Å². The predicted molar refractivity (Wildman–Crippen MR) is 66.1 cm³/mol. The first-order chi connectivity index (χ1) is 7.58. The van der Waals surface area contributed by atoms with Gasteiger partial charge in [-0.1, -0.05) is 23.2 Å². The lowest BCUT2D eigenvalue weighted by molar-refractivity contribution is 0.0922. The van der Waals surface area contributed by atoms with E-state index in [0.717, 1.165) is 19.3 Å². The second-order valence-corrected chi connectivity index (χ2v) is 5.10. The number of carbonyl (C=O) groups excluding carboxylic acids is 1. The van der Waals surface area contributed by atoms with Crippen molar-refractivity contribution in [3.63, 3.8) is 0 Å². The van der Waals surface area contributed by atoms with E-state index in [1.165, 1.54) is 0 Å². The molecular weight excluding hydrogens is 245 g/mol. The molecule has 0 aliphatic heterocycles. The van der Waals surface area contributed by atoms with Gasteiger partial charge in [-0.2, -0.15) is 0 Å². The summed E-state index contributed by atoms with van der Waals surface area (Å²) in [7, 11) is 0. The SMILES string of the molecule is NC1CCC(C(=O)c2cc(Cl)ccc2Cl)C1. The van der Waals surface area contributed by atoms with Crippen LogP contribution in [0.5, 0.6) is 0 Å². The fourth-order valence-corrected chi connectivity index (χ4v) is 2.54. The van der Waals surface area contributed by atoms with Crippen molar-refractivity contribution in [2.24, 2.45) is 11.7 Å². The van der Waals surface area contributed by atoms with E-state index in [2.05, 4.69) is 0 Å². The molecule has 1 aromatic carbocycles. The molecule has 2 rings (SSSR count). The van der Waals surface area contributed by atoms with Crippen molar-refractivity contribution in [3.05, 3.63) is 33.8 Å². The Bertz CT molecular complexity index is 419. The van der Waals surface area contributed by atoms with Crippen molar-refractivity contribution >= 4 is 29.0 Å². The van der Waals surface area contributed by atoms with Crippen LogP contribution in [-0.4, -0.2) is 11.8 Å². The summed E-state index contributed by atoms with van der Waals surface area (Å²) in [4.78, 5) is 12.2. The Hall–Kier alpha value is -0.570. The molecule has 2 N–H and O–H groups in total. The maximum Gasteiger partial charge on any atom is 0.167 e. The number of Topliss-reactive ketones (excluding diaryl/α,β-unsaturated/α-hetero) is 1. The van der Waals surface area contributed by atoms with E-state index in [1.807, 2.05) is 0 Å². The first kappa shape index (κ1) is 11.9. The number of halogens is 2. The highest BCUT2D eigenvalue weighted by Crippen LogP contribution is 2.31. The average Bonchev–Trinajstić information content (AvgIpc) is 2.67. The summed E-state index contributed by atoms with van der Waals surface area (Å²) in [6, 6.07) is 5.12. The Morgan fingerprint density at radius 2 is 2.06 bits per heavy atom. The summed E-state index contributed by atoms with van der Waals surface area (Å²) in [5.41, 5.74) is 6.32. The molecule has 0 spiro atoms. The fraction of sp³-hybridized carbons (Fsp3) is 0.417. The molecule has 2 atom stereocenters. The van der Waals surface area contributed by atoms with E-state index in [-0.39, 0.29) is 17.7 Å².